The molecule has 1 fully saturated rings. The number of aromatic nitrogens is 2. The van der Waals surface area contributed by atoms with Crippen molar-refractivity contribution in [1.82, 2.24) is 14.9 Å². The molecule has 2 N–H and O–H groups in total. The maximum atomic E-state index is 4.48. The molecule has 0 bridgehead atoms. The van der Waals surface area contributed by atoms with Crippen molar-refractivity contribution in [3.63, 3.8) is 0 Å². The van der Waals surface area contributed by atoms with E-state index in [1.807, 2.05) is 6.92 Å². The Balaban J connectivity index is 1.96. The average molecular weight is 328 g/mol. The van der Waals surface area contributed by atoms with Crippen LogP contribution in [0.4, 0.5) is 11.8 Å². The number of anilines is 2. The zero-order valence-corrected chi connectivity index (χ0v) is 13.2. The number of hydrogen-bond donors (Lipinski definition) is 2. The van der Waals surface area contributed by atoms with Crippen molar-refractivity contribution in [3.05, 3.63) is 10.7 Å². The Morgan fingerprint density at radius 2 is 2.26 bits per heavy atom. The van der Waals surface area contributed by atoms with Gasteiger partial charge in [-0.15, -0.1) is 0 Å². The number of nitrogens with one attached hydrogen (secondary N) is 2. The van der Waals surface area contributed by atoms with Gasteiger partial charge in [-0.2, -0.15) is 4.98 Å². The smallest absolute Gasteiger partial charge is 0.224 e. The van der Waals surface area contributed by atoms with Gasteiger partial charge in [0.05, 0.1) is 4.47 Å². The molecule has 0 radical (unpaired) electrons. The maximum absolute atomic E-state index is 4.48. The van der Waals surface area contributed by atoms with E-state index in [9.17, 15) is 0 Å². The first-order valence-corrected chi connectivity index (χ1v) is 7.78. The number of halogens is 1. The van der Waals surface area contributed by atoms with Crippen molar-refractivity contribution in [2.45, 2.75) is 32.7 Å². The fourth-order valence-electron chi connectivity index (χ4n) is 2.49. The molecule has 1 aliphatic heterocycles. The van der Waals surface area contributed by atoms with Crippen molar-refractivity contribution < 1.29 is 0 Å². The van der Waals surface area contributed by atoms with Crippen LogP contribution in [-0.2, 0) is 0 Å². The van der Waals surface area contributed by atoms with Gasteiger partial charge in [-0.05, 0) is 48.8 Å². The van der Waals surface area contributed by atoms with Gasteiger partial charge in [0.2, 0.25) is 5.95 Å². The standard InChI is InChI=1S/C13H22BrN5/c1-3-15-13-17-9-11(14)12(18-13)16-8-10-6-5-7-19(10)4-2/h9-10H,3-8H2,1-2H3,(H2,15,16,17,18). The minimum atomic E-state index is 0.620. The molecule has 19 heavy (non-hydrogen) atoms. The predicted octanol–water partition coefficient (Wildman–Crippen LogP) is 2.57. The van der Waals surface area contributed by atoms with Crippen LogP contribution in [-0.4, -0.2) is 47.1 Å². The van der Waals surface area contributed by atoms with E-state index in [-0.39, 0.29) is 0 Å². The van der Waals surface area contributed by atoms with Gasteiger partial charge in [0.15, 0.2) is 0 Å². The summed E-state index contributed by atoms with van der Waals surface area (Å²) in [6, 6.07) is 0.620. The third-order valence-electron chi connectivity index (χ3n) is 3.49. The van der Waals surface area contributed by atoms with E-state index in [4.69, 9.17) is 0 Å². The number of likely N-dealkylation sites (N-methyl/N-ethyl adjacent to an activating group) is 1. The van der Waals surface area contributed by atoms with Crippen molar-refractivity contribution in [1.29, 1.82) is 0 Å². The van der Waals surface area contributed by atoms with Crippen LogP contribution in [0.3, 0.4) is 0 Å². The maximum Gasteiger partial charge on any atom is 0.224 e. The molecule has 2 heterocycles. The molecule has 106 valence electrons. The zero-order valence-electron chi connectivity index (χ0n) is 11.6. The Hall–Kier alpha value is -0.880. The molecule has 6 heteroatoms. The van der Waals surface area contributed by atoms with Crippen molar-refractivity contribution in [3.8, 4) is 0 Å². The molecule has 5 nitrogen and oxygen atoms in total. The van der Waals surface area contributed by atoms with Gasteiger partial charge in [-0.25, -0.2) is 4.98 Å². The topological polar surface area (TPSA) is 53.1 Å². The first-order chi connectivity index (χ1) is 9.24. The van der Waals surface area contributed by atoms with E-state index in [0.29, 0.717) is 12.0 Å². The van der Waals surface area contributed by atoms with Crippen LogP contribution in [0.2, 0.25) is 0 Å². The van der Waals surface area contributed by atoms with Gasteiger partial charge >= 0.3 is 0 Å². The molecule has 2 rings (SSSR count). The zero-order chi connectivity index (χ0) is 13.7. The SMILES string of the molecule is CCNc1ncc(Br)c(NCC2CCCN2CC)n1. The fraction of sp³-hybridized carbons (Fsp3) is 0.692. The molecule has 0 spiro atoms. The summed E-state index contributed by atoms with van der Waals surface area (Å²) in [6.07, 6.45) is 4.36. The first-order valence-electron chi connectivity index (χ1n) is 6.99. The van der Waals surface area contributed by atoms with E-state index in [1.165, 1.54) is 19.4 Å². The summed E-state index contributed by atoms with van der Waals surface area (Å²) in [6.45, 7) is 8.37. The van der Waals surface area contributed by atoms with Gasteiger partial charge in [-0.3, -0.25) is 4.90 Å². The summed E-state index contributed by atoms with van der Waals surface area (Å²) in [5.74, 6) is 1.54. The molecule has 1 aromatic rings. The van der Waals surface area contributed by atoms with E-state index in [2.05, 4.69) is 48.4 Å². The molecule has 1 saturated heterocycles. The molecule has 1 aromatic heterocycles. The van der Waals surface area contributed by atoms with Crippen LogP contribution < -0.4 is 10.6 Å². The molecular weight excluding hydrogens is 306 g/mol. The normalized spacial score (nSPS) is 19.6. The highest BCUT2D eigenvalue weighted by Gasteiger charge is 2.22. The molecule has 0 aliphatic carbocycles. The lowest BCUT2D eigenvalue weighted by atomic mass is 10.2. The van der Waals surface area contributed by atoms with Gasteiger partial charge in [0.1, 0.15) is 5.82 Å². The number of nitrogens with zero attached hydrogens (tertiary/aromatic N) is 3. The lowest BCUT2D eigenvalue weighted by Gasteiger charge is -2.23. The van der Waals surface area contributed by atoms with E-state index in [1.54, 1.807) is 6.20 Å². The van der Waals surface area contributed by atoms with Gasteiger partial charge in [-0.1, -0.05) is 6.92 Å². The van der Waals surface area contributed by atoms with Crippen LogP contribution >= 0.6 is 15.9 Å². The average Bonchev–Trinajstić information content (AvgIpc) is 2.87. The van der Waals surface area contributed by atoms with Gasteiger partial charge in [0, 0.05) is 25.3 Å². The summed E-state index contributed by atoms with van der Waals surface area (Å²) < 4.78 is 0.912. The minimum absolute atomic E-state index is 0.620. The second-order valence-electron chi connectivity index (χ2n) is 4.73. The highest BCUT2D eigenvalue weighted by atomic mass is 79.9. The van der Waals surface area contributed by atoms with Crippen LogP contribution in [0.1, 0.15) is 26.7 Å². The summed E-state index contributed by atoms with van der Waals surface area (Å²) in [5.41, 5.74) is 0. The molecule has 1 atom stereocenters. The lowest BCUT2D eigenvalue weighted by Crippen LogP contribution is -2.34. The third kappa shape index (κ3) is 3.79. The largest absolute Gasteiger partial charge is 0.367 e. The highest BCUT2D eigenvalue weighted by molar-refractivity contribution is 9.10. The first kappa shape index (κ1) is 14.5. The quantitative estimate of drug-likeness (QED) is 0.841. The second-order valence-corrected chi connectivity index (χ2v) is 5.58. The monoisotopic (exact) mass is 327 g/mol. The van der Waals surface area contributed by atoms with Gasteiger partial charge in [0.25, 0.3) is 0 Å². The number of rotatable bonds is 6. The fourth-order valence-corrected chi connectivity index (χ4v) is 2.82. The van der Waals surface area contributed by atoms with E-state index >= 15 is 0 Å². The molecule has 1 aliphatic rings. The van der Waals surface area contributed by atoms with Gasteiger partial charge < -0.3 is 10.6 Å². The third-order valence-corrected chi connectivity index (χ3v) is 4.07. The molecule has 0 saturated carbocycles. The molecule has 0 aromatic carbocycles. The van der Waals surface area contributed by atoms with E-state index < -0.39 is 0 Å². The Morgan fingerprint density at radius 3 is 3.00 bits per heavy atom. The molecule has 1 unspecified atom stereocenters. The van der Waals surface area contributed by atoms with E-state index in [0.717, 1.165) is 29.9 Å². The molecular formula is C13H22BrN5. The number of hydrogen-bond acceptors (Lipinski definition) is 5. The summed E-state index contributed by atoms with van der Waals surface area (Å²) >= 11 is 3.49. The highest BCUT2D eigenvalue weighted by Crippen LogP contribution is 2.22. The summed E-state index contributed by atoms with van der Waals surface area (Å²) in [5, 5.41) is 6.57. The lowest BCUT2D eigenvalue weighted by molar-refractivity contribution is 0.277. The van der Waals surface area contributed by atoms with Crippen LogP contribution in [0.15, 0.2) is 10.7 Å². The van der Waals surface area contributed by atoms with Crippen LogP contribution in [0, 0.1) is 0 Å². The van der Waals surface area contributed by atoms with Crippen LogP contribution in [0.5, 0.6) is 0 Å². The Bertz CT molecular complexity index is 412. The molecule has 0 amide bonds. The number of likely N-dealkylation sites (tertiary alicyclic amines) is 1. The summed E-state index contributed by atoms with van der Waals surface area (Å²) in [4.78, 5) is 11.2. The van der Waals surface area contributed by atoms with Crippen molar-refractivity contribution in [2.24, 2.45) is 0 Å². The van der Waals surface area contributed by atoms with Crippen molar-refractivity contribution >= 4 is 27.7 Å². The minimum Gasteiger partial charge on any atom is -0.367 e. The second kappa shape index (κ2) is 7.05. The summed E-state index contributed by atoms with van der Waals surface area (Å²) in [7, 11) is 0. The predicted molar refractivity (Wildman–Crippen MR) is 82.7 cm³/mol. The Kier molecular flexibility index (Phi) is 5.39. The van der Waals surface area contributed by atoms with Crippen LogP contribution in [0.25, 0.3) is 0 Å². The Morgan fingerprint density at radius 1 is 1.42 bits per heavy atom. The van der Waals surface area contributed by atoms with Crippen molar-refractivity contribution in [2.75, 3.05) is 36.8 Å². The Labute approximate surface area is 123 Å².